The van der Waals surface area contributed by atoms with E-state index in [1.165, 1.54) is 5.56 Å². The van der Waals surface area contributed by atoms with Gasteiger partial charge in [-0.25, -0.2) is 0 Å². The van der Waals surface area contributed by atoms with E-state index in [0.717, 1.165) is 23.5 Å². The first-order valence-corrected chi connectivity index (χ1v) is 9.74. The van der Waals surface area contributed by atoms with Crippen molar-refractivity contribution in [1.29, 1.82) is 0 Å². The summed E-state index contributed by atoms with van der Waals surface area (Å²) < 4.78 is 0. The number of aromatic nitrogens is 1. The molecule has 0 spiro atoms. The monoisotopic (exact) mass is 373 g/mol. The topological polar surface area (TPSA) is 36.4 Å². The quantitative estimate of drug-likeness (QED) is 0.570. The summed E-state index contributed by atoms with van der Waals surface area (Å²) in [6.07, 6.45) is 3.47. The van der Waals surface area contributed by atoms with Gasteiger partial charge < -0.3 is 9.80 Å². The summed E-state index contributed by atoms with van der Waals surface area (Å²) in [6, 6.07) is 20.4. The van der Waals surface area contributed by atoms with Gasteiger partial charge in [-0.1, -0.05) is 42.5 Å². The highest BCUT2D eigenvalue weighted by atomic mass is 16.2. The Morgan fingerprint density at radius 1 is 0.893 bits per heavy atom. The Labute approximate surface area is 167 Å². The van der Waals surface area contributed by atoms with Crippen molar-refractivity contribution in [2.75, 3.05) is 18.0 Å². The lowest BCUT2D eigenvalue weighted by molar-refractivity contribution is 0.0752. The number of anilines is 2. The van der Waals surface area contributed by atoms with Crippen molar-refractivity contribution in [2.24, 2.45) is 0 Å². The summed E-state index contributed by atoms with van der Waals surface area (Å²) in [6.45, 7) is 8.22. The molecule has 0 unspecified atom stereocenters. The van der Waals surface area contributed by atoms with Crippen LogP contribution in [0.2, 0.25) is 0 Å². The Morgan fingerprint density at radius 3 is 2.36 bits per heavy atom. The zero-order valence-electron chi connectivity index (χ0n) is 16.8. The van der Waals surface area contributed by atoms with Crippen molar-refractivity contribution in [1.82, 2.24) is 9.88 Å². The van der Waals surface area contributed by atoms with Crippen LogP contribution < -0.4 is 4.90 Å². The number of hydrogen-bond acceptors (Lipinski definition) is 3. The van der Waals surface area contributed by atoms with Crippen LogP contribution in [0.25, 0.3) is 0 Å². The Balaban J connectivity index is 1.85. The summed E-state index contributed by atoms with van der Waals surface area (Å²) in [4.78, 5) is 21.5. The number of aryl methyl sites for hydroxylation is 1. The van der Waals surface area contributed by atoms with Gasteiger partial charge in [0.25, 0.3) is 5.91 Å². The maximum Gasteiger partial charge on any atom is 0.255 e. The fourth-order valence-electron chi connectivity index (χ4n) is 3.32. The van der Waals surface area contributed by atoms with E-state index in [4.69, 9.17) is 0 Å². The standard InChI is InChI=1S/C24H27N3O/c1-4-26(18-20-11-7-6-8-12-20)24(28)21-15-23(17-25-16-21)27(5-2)22-13-9-10-19(3)14-22/h6-17H,4-5,18H2,1-3H3. The van der Waals surface area contributed by atoms with Gasteiger partial charge in [-0.05, 0) is 50.1 Å². The number of amides is 1. The fourth-order valence-corrected chi connectivity index (χ4v) is 3.32. The average molecular weight is 374 g/mol. The van der Waals surface area contributed by atoms with Gasteiger partial charge in [-0.2, -0.15) is 0 Å². The van der Waals surface area contributed by atoms with Crippen LogP contribution in [0.5, 0.6) is 0 Å². The molecule has 0 radical (unpaired) electrons. The predicted molar refractivity (Wildman–Crippen MR) is 115 cm³/mol. The molecule has 4 nitrogen and oxygen atoms in total. The van der Waals surface area contributed by atoms with E-state index < -0.39 is 0 Å². The lowest BCUT2D eigenvalue weighted by atomic mass is 10.1. The predicted octanol–water partition coefficient (Wildman–Crippen LogP) is 5.21. The minimum Gasteiger partial charge on any atom is -0.340 e. The van der Waals surface area contributed by atoms with Crippen LogP contribution in [-0.4, -0.2) is 28.9 Å². The van der Waals surface area contributed by atoms with Crippen molar-refractivity contribution in [2.45, 2.75) is 27.3 Å². The molecule has 0 atom stereocenters. The summed E-state index contributed by atoms with van der Waals surface area (Å²) in [5.74, 6) is 0.000924. The molecule has 3 aromatic rings. The molecule has 2 aromatic carbocycles. The highest BCUT2D eigenvalue weighted by Crippen LogP contribution is 2.26. The van der Waals surface area contributed by atoms with Crippen LogP contribution in [0.15, 0.2) is 73.1 Å². The van der Waals surface area contributed by atoms with E-state index in [1.54, 1.807) is 6.20 Å². The Kier molecular flexibility index (Phi) is 6.43. The highest BCUT2D eigenvalue weighted by molar-refractivity contribution is 5.95. The number of benzene rings is 2. The van der Waals surface area contributed by atoms with Gasteiger partial charge in [0.05, 0.1) is 17.4 Å². The molecule has 1 amide bonds. The summed E-state index contributed by atoms with van der Waals surface area (Å²) in [5, 5.41) is 0. The zero-order chi connectivity index (χ0) is 19.9. The molecule has 0 saturated heterocycles. The second-order valence-corrected chi connectivity index (χ2v) is 6.82. The second-order valence-electron chi connectivity index (χ2n) is 6.82. The molecule has 0 aliphatic rings. The van der Waals surface area contributed by atoms with Gasteiger partial charge >= 0.3 is 0 Å². The minimum absolute atomic E-state index is 0.000924. The molecule has 1 aromatic heterocycles. The van der Waals surface area contributed by atoms with Crippen LogP contribution >= 0.6 is 0 Å². The fraction of sp³-hybridized carbons (Fsp3) is 0.250. The third kappa shape index (κ3) is 4.58. The summed E-state index contributed by atoms with van der Waals surface area (Å²) in [5.41, 5.74) is 4.97. The molecule has 28 heavy (non-hydrogen) atoms. The minimum atomic E-state index is 0.000924. The van der Waals surface area contributed by atoms with Gasteiger partial charge in [0, 0.05) is 31.5 Å². The molecular weight excluding hydrogens is 346 g/mol. The SMILES string of the molecule is CCN(Cc1ccccc1)C(=O)c1cncc(N(CC)c2cccc(C)c2)c1. The Bertz CT molecular complexity index is 924. The van der Waals surface area contributed by atoms with E-state index >= 15 is 0 Å². The van der Waals surface area contributed by atoms with Crippen molar-refractivity contribution in [3.8, 4) is 0 Å². The molecule has 0 fully saturated rings. The maximum atomic E-state index is 13.1. The van der Waals surface area contributed by atoms with Gasteiger partial charge in [-0.15, -0.1) is 0 Å². The molecule has 0 saturated carbocycles. The summed E-state index contributed by atoms with van der Waals surface area (Å²) >= 11 is 0. The molecule has 0 aliphatic heterocycles. The van der Waals surface area contributed by atoms with Crippen molar-refractivity contribution in [3.05, 3.63) is 89.7 Å². The zero-order valence-corrected chi connectivity index (χ0v) is 16.8. The number of hydrogen-bond donors (Lipinski definition) is 0. The third-order valence-corrected chi connectivity index (χ3v) is 4.80. The molecule has 0 bridgehead atoms. The maximum absolute atomic E-state index is 13.1. The first-order valence-electron chi connectivity index (χ1n) is 9.74. The molecule has 3 rings (SSSR count). The van der Waals surface area contributed by atoms with Gasteiger partial charge in [-0.3, -0.25) is 9.78 Å². The first-order chi connectivity index (χ1) is 13.6. The van der Waals surface area contributed by atoms with E-state index in [1.807, 2.05) is 54.4 Å². The number of carbonyl (C=O) groups is 1. The number of pyridine rings is 1. The van der Waals surface area contributed by atoms with Crippen LogP contribution in [0.3, 0.4) is 0 Å². The van der Waals surface area contributed by atoms with Crippen LogP contribution in [0.1, 0.15) is 35.3 Å². The molecule has 1 heterocycles. The molecule has 0 N–H and O–H groups in total. The normalized spacial score (nSPS) is 10.5. The largest absolute Gasteiger partial charge is 0.340 e. The molecular formula is C24H27N3O. The van der Waals surface area contributed by atoms with Crippen LogP contribution in [-0.2, 0) is 6.54 Å². The number of nitrogens with zero attached hydrogens (tertiary/aromatic N) is 3. The lowest BCUT2D eigenvalue weighted by Gasteiger charge is -2.25. The molecule has 144 valence electrons. The third-order valence-electron chi connectivity index (χ3n) is 4.80. The van der Waals surface area contributed by atoms with E-state index in [-0.39, 0.29) is 5.91 Å². The second kappa shape index (κ2) is 9.18. The van der Waals surface area contributed by atoms with Gasteiger partial charge in [0.15, 0.2) is 0 Å². The Morgan fingerprint density at radius 2 is 1.68 bits per heavy atom. The van der Waals surface area contributed by atoms with E-state index in [0.29, 0.717) is 18.7 Å². The van der Waals surface area contributed by atoms with Crippen molar-refractivity contribution >= 4 is 17.3 Å². The van der Waals surface area contributed by atoms with Crippen molar-refractivity contribution in [3.63, 3.8) is 0 Å². The van der Waals surface area contributed by atoms with E-state index in [9.17, 15) is 4.79 Å². The van der Waals surface area contributed by atoms with Gasteiger partial charge in [0.2, 0.25) is 0 Å². The molecule has 4 heteroatoms. The molecule has 0 aliphatic carbocycles. The average Bonchev–Trinajstić information content (AvgIpc) is 2.73. The van der Waals surface area contributed by atoms with Crippen molar-refractivity contribution < 1.29 is 4.79 Å². The van der Waals surface area contributed by atoms with E-state index in [2.05, 4.69) is 48.0 Å². The Hall–Kier alpha value is -3.14. The number of carbonyl (C=O) groups excluding carboxylic acids is 1. The lowest BCUT2D eigenvalue weighted by Crippen LogP contribution is -2.30. The van der Waals surface area contributed by atoms with Crippen LogP contribution in [0, 0.1) is 6.92 Å². The smallest absolute Gasteiger partial charge is 0.255 e. The first kappa shape index (κ1) is 19.6. The van der Waals surface area contributed by atoms with Crippen LogP contribution in [0.4, 0.5) is 11.4 Å². The highest BCUT2D eigenvalue weighted by Gasteiger charge is 2.17. The number of rotatable bonds is 7. The van der Waals surface area contributed by atoms with Gasteiger partial charge in [0.1, 0.15) is 0 Å². The summed E-state index contributed by atoms with van der Waals surface area (Å²) in [7, 11) is 0.